The third kappa shape index (κ3) is 11.7. The normalized spacial score (nSPS) is 10.5. The zero-order valence-electron chi connectivity index (χ0n) is 24.6. The van der Waals surface area contributed by atoms with Gasteiger partial charge >= 0.3 is 0 Å². The Morgan fingerprint density at radius 1 is 1.05 bits per heavy atom. The molecule has 1 aromatic carbocycles. The molecule has 0 radical (unpaired) electrons. The van der Waals surface area contributed by atoms with Gasteiger partial charge in [0.05, 0.1) is 18.4 Å². The number of rotatable bonds is 12. The van der Waals surface area contributed by atoms with Gasteiger partial charge in [0.25, 0.3) is 11.7 Å². The molecule has 0 saturated heterocycles. The highest BCUT2D eigenvalue weighted by atomic mass is 32.1. The number of thiophene rings is 1. The van der Waals surface area contributed by atoms with E-state index in [9.17, 15) is 14.4 Å². The van der Waals surface area contributed by atoms with E-state index in [0.717, 1.165) is 30.5 Å². The van der Waals surface area contributed by atoms with Crippen molar-refractivity contribution in [3.8, 4) is 12.8 Å². The molecule has 0 aliphatic rings. The summed E-state index contributed by atoms with van der Waals surface area (Å²) in [7, 11) is 9.12. The lowest BCUT2D eigenvalue weighted by atomic mass is 10.1. The molecule has 2 amide bonds. The summed E-state index contributed by atoms with van der Waals surface area (Å²) >= 11 is 1.22. The molecule has 0 fully saturated rings. The van der Waals surface area contributed by atoms with Crippen molar-refractivity contribution in [2.75, 3.05) is 47.9 Å². The van der Waals surface area contributed by atoms with E-state index in [-0.39, 0.29) is 12.3 Å². The number of Topliss-reactive ketones (excluding diaryl/α,β-unsaturated/α-hetero) is 1. The molecule has 0 aliphatic carbocycles. The van der Waals surface area contributed by atoms with E-state index < -0.39 is 11.7 Å². The SMILES string of the molecule is C#C.CC.CCN(CCN(C)C(=O)C/C(=C\c1csc(C(=O)C(=O)N(C)C)c1C)OC)Cc1ccc(P)cc1. The van der Waals surface area contributed by atoms with Gasteiger partial charge < -0.3 is 14.5 Å². The Hall–Kier alpha value is -2.98. The van der Waals surface area contributed by atoms with Crippen molar-refractivity contribution in [3.05, 3.63) is 57.0 Å². The number of methoxy groups -OCH3 is 1. The zero-order valence-corrected chi connectivity index (χ0v) is 26.6. The lowest BCUT2D eigenvalue weighted by molar-refractivity contribution is -0.130. The van der Waals surface area contributed by atoms with Crippen molar-refractivity contribution in [1.82, 2.24) is 14.7 Å². The van der Waals surface area contributed by atoms with E-state index in [0.29, 0.717) is 22.7 Å². The maximum absolute atomic E-state index is 12.8. The fourth-order valence-corrected chi connectivity index (χ4v) is 4.55. The Bertz CT molecular complexity index is 1110. The molecule has 1 aromatic heterocycles. The van der Waals surface area contributed by atoms with Crippen LogP contribution in [0.2, 0.25) is 0 Å². The van der Waals surface area contributed by atoms with Crippen LogP contribution >= 0.6 is 20.6 Å². The fourth-order valence-electron chi connectivity index (χ4n) is 3.38. The smallest absolute Gasteiger partial charge is 0.295 e. The summed E-state index contributed by atoms with van der Waals surface area (Å²) in [5.41, 5.74) is 2.72. The first-order valence-electron chi connectivity index (χ1n) is 12.8. The van der Waals surface area contributed by atoms with Gasteiger partial charge in [-0.1, -0.05) is 45.0 Å². The Labute approximate surface area is 241 Å². The summed E-state index contributed by atoms with van der Waals surface area (Å²) in [5, 5.41) is 2.97. The summed E-state index contributed by atoms with van der Waals surface area (Å²) in [4.78, 5) is 43.0. The molecule has 214 valence electrons. The summed E-state index contributed by atoms with van der Waals surface area (Å²) in [5.74, 6) is -0.632. The Balaban J connectivity index is 0.00000344. The molecule has 7 nitrogen and oxygen atoms in total. The lowest BCUT2D eigenvalue weighted by Crippen LogP contribution is -2.36. The van der Waals surface area contributed by atoms with Crippen LogP contribution < -0.4 is 5.30 Å². The second-order valence-electron chi connectivity index (χ2n) is 8.59. The number of benzene rings is 1. The number of terminal acetylenes is 1. The lowest BCUT2D eigenvalue weighted by Gasteiger charge is -2.25. The predicted octanol–water partition coefficient (Wildman–Crippen LogP) is 4.46. The highest BCUT2D eigenvalue weighted by Crippen LogP contribution is 2.26. The average molecular weight is 574 g/mol. The standard InChI is InChI=1S/C26H36N3O4PS.C2H6.C2H2/c1-7-29(16-19-8-10-22(34)11-9-19)13-12-28(5)23(30)15-21(33-6)14-20-17-35-25(18(20)2)24(31)26(32)27(3)4;2*1-2/h8-11,14,17H,7,12-13,15-16,34H2,1-6H3;1-2H3;1-2H/b21-14+;;. The topological polar surface area (TPSA) is 70.2 Å². The van der Waals surface area contributed by atoms with Gasteiger partial charge in [-0.15, -0.1) is 33.4 Å². The Kier molecular flexibility index (Phi) is 17.7. The van der Waals surface area contributed by atoms with Gasteiger partial charge in [-0.2, -0.15) is 0 Å². The van der Waals surface area contributed by atoms with Gasteiger partial charge in [-0.25, -0.2) is 0 Å². The van der Waals surface area contributed by atoms with E-state index in [2.05, 4.69) is 58.2 Å². The van der Waals surface area contributed by atoms with Crippen LogP contribution in [0.5, 0.6) is 0 Å². The van der Waals surface area contributed by atoms with E-state index in [1.807, 2.05) is 19.2 Å². The average Bonchev–Trinajstić information content (AvgIpc) is 3.31. The minimum Gasteiger partial charge on any atom is -0.501 e. The van der Waals surface area contributed by atoms with Crippen molar-refractivity contribution in [1.29, 1.82) is 0 Å². The van der Waals surface area contributed by atoms with Crippen LogP contribution in [0.1, 0.15) is 53.6 Å². The van der Waals surface area contributed by atoms with Gasteiger partial charge in [-0.05, 0) is 46.9 Å². The molecule has 2 rings (SSSR count). The highest BCUT2D eigenvalue weighted by Gasteiger charge is 2.23. The third-order valence-electron chi connectivity index (χ3n) is 5.80. The van der Waals surface area contributed by atoms with Crippen LogP contribution in [-0.4, -0.2) is 80.2 Å². The first-order valence-corrected chi connectivity index (χ1v) is 14.3. The molecule has 1 heterocycles. The van der Waals surface area contributed by atoms with E-state index >= 15 is 0 Å². The van der Waals surface area contributed by atoms with Gasteiger partial charge in [0.2, 0.25) is 5.91 Å². The van der Waals surface area contributed by atoms with E-state index in [4.69, 9.17) is 4.74 Å². The number of ether oxygens (including phenoxy) is 1. The molecule has 1 atom stereocenters. The second kappa shape index (κ2) is 19.1. The third-order valence-corrected chi connectivity index (χ3v) is 7.28. The number of ketones is 1. The number of likely N-dealkylation sites (N-methyl/N-ethyl adjacent to an activating group) is 3. The van der Waals surface area contributed by atoms with Gasteiger partial charge in [-0.3, -0.25) is 19.3 Å². The molecule has 1 unspecified atom stereocenters. The number of carbonyl (C=O) groups is 3. The molecular weight excluding hydrogens is 529 g/mol. The molecular formula is C30H44N3O4PS. The number of amides is 2. The monoisotopic (exact) mass is 573 g/mol. The molecule has 0 aliphatic heterocycles. The first-order chi connectivity index (χ1) is 18.6. The van der Waals surface area contributed by atoms with Crippen LogP contribution in [0.3, 0.4) is 0 Å². The van der Waals surface area contributed by atoms with Crippen LogP contribution in [0.25, 0.3) is 6.08 Å². The predicted molar refractivity (Wildman–Crippen MR) is 167 cm³/mol. The second-order valence-corrected chi connectivity index (χ2v) is 10.1. The van der Waals surface area contributed by atoms with Gasteiger partial charge in [0.1, 0.15) is 5.76 Å². The summed E-state index contributed by atoms with van der Waals surface area (Å²) < 4.78 is 5.47. The van der Waals surface area contributed by atoms with Crippen molar-refractivity contribution in [2.45, 2.75) is 40.7 Å². The largest absolute Gasteiger partial charge is 0.501 e. The number of hydrogen-bond donors (Lipinski definition) is 0. The van der Waals surface area contributed by atoms with E-state index in [1.165, 1.54) is 28.9 Å². The molecule has 0 bridgehead atoms. The first kappa shape index (κ1) is 36.0. The van der Waals surface area contributed by atoms with Crippen LogP contribution in [0.15, 0.2) is 35.4 Å². The van der Waals surface area contributed by atoms with Crippen LogP contribution in [-0.2, 0) is 20.9 Å². The Morgan fingerprint density at radius 3 is 2.15 bits per heavy atom. The van der Waals surface area contributed by atoms with Crippen molar-refractivity contribution < 1.29 is 19.1 Å². The fraction of sp³-hybridized carbons (Fsp3) is 0.433. The quantitative estimate of drug-likeness (QED) is 0.123. The maximum Gasteiger partial charge on any atom is 0.295 e. The summed E-state index contributed by atoms with van der Waals surface area (Å²) in [6.45, 7) is 11.0. The van der Waals surface area contributed by atoms with Gasteiger partial charge in [0.15, 0.2) is 0 Å². The molecule has 2 aromatic rings. The van der Waals surface area contributed by atoms with Crippen LogP contribution in [0, 0.1) is 19.8 Å². The molecule has 0 saturated carbocycles. The van der Waals surface area contributed by atoms with E-state index in [1.54, 1.807) is 39.0 Å². The minimum atomic E-state index is -0.559. The maximum atomic E-state index is 12.8. The number of nitrogens with zero attached hydrogens (tertiary/aromatic N) is 3. The number of carbonyl (C=O) groups excluding carboxylic acids is 3. The minimum absolute atomic E-state index is 0.0477. The molecule has 39 heavy (non-hydrogen) atoms. The summed E-state index contributed by atoms with van der Waals surface area (Å²) in [6.07, 6.45) is 9.88. The molecule has 0 spiro atoms. The van der Waals surface area contributed by atoms with Crippen LogP contribution in [0.4, 0.5) is 0 Å². The highest BCUT2D eigenvalue weighted by molar-refractivity contribution is 7.27. The molecule has 9 heteroatoms. The Morgan fingerprint density at radius 2 is 1.64 bits per heavy atom. The summed E-state index contributed by atoms with van der Waals surface area (Å²) in [6, 6.07) is 8.40. The van der Waals surface area contributed by atoms with Crippen molar-refractivity contribution in [2.24, 2.45) is 0 Å². The number of hydrogen-bond acceptors (Lipinski definition) is 6. The van der Waals surface area contributed by atoms with Crippen molar-refractivity contribution in [3.63, 3.8) is 0 Å². The van der Waals surface area contributed by atoms with Crippen molar-refractivity contribution >= 4 is 49.6 Å². The van der Waals surface area contributed by atoms with Gasteiger partial charge in [0, 0.05) is 40.8 Å². The molecule has 0 N–H and O–H groups in total. The zero-order chi connectivity index (χ0) is 30.1.